The number of piperazine rings is 1. The van der Waals surface area contributed by atoms with Gasteiger partial charge in [-0.05, 0) is 24.6 Å². The van der Waals surface area contributed by atoms with Crippen LogP contribution in [0, 0.1) is 0 Å². The predicted octanol–water partition coefficient (Wildman–Crippen LogP) is 4.51. The normalized spacial score (nSPS) is 15.3. The van der Waals surface area contributed by atoms with E-state index >= 15 is 0 Å². The average Bonchev–Trinajstić information content (AvgIpc) is 2.64. The molecule has 1 heterocycles. The molecule has 0 aliphatic carbocycles. The highest BCUT2D eigenvalue weighted by Crippen LogP contribution is 2.35. The van der Waals surface area contributed by atoms with Gasteiger partial charge in [0, 0.05) is 55.0 Å². The molecule has 0 spiro atoms. The number of ketones is 1. The number of benzene rings is 2. The van der Waals surface area contributed by atoms with E-state index in [4.69, 9.17) is 0 Å². The Morgan fingerprint density at radius 1 is 0.966 bits per heavy atom. The van der Waals surface area contributed by atoms with Crippen LogP contribution in [0.1, 0.15) is 47.8 Å². The molecule has 0 bridgehead atoms. The lowest BCUT2D eigenvalue weighted by Crippen LogP contribution is -2.43. The molecule has 0 atom stereocenters. The topological polar surface area (TPSA) is 43.8 Å². The second-order valence-corrected chi connectivity index (χ2v) is 8.56. The van der Waals surface area contributed by atoms with E-state index in [1.165, 1.54) is 0 Å². The molecule has 1 saturated heterocycles. The van der Waals surface area contributed by atoms with Gasteiger partial charge in [0.2, 0.25) is 0 Å². The summed E-state index contributed by atoms with van der Waals surface area (Å²) in [6.07, 6.45) is 0. The van der Waals surface area contributed by atoms with Crippen molar-refractivity contribution in [1.82, 2.24) is 9.80 Å². The van der Waals surface area contributed by atoms with Crippen LogP contribution in [0.3, 0.4) is 0 Å². The Morgan fingerprint density at radius 2 is 1.55 bits per heavy atom. The Bertz CT molecular complexity index is 812. The third-order valence-corrected chi connectivity index (χ3v) is 5.28. The molecule has 0 aromatic heterocycles. The number of phenolic OH excluding ortho intramolecular Hbond substituents is 1. The first-order chi connectivity index (χ1) is 12.8. The van der Waals surface area contributed by atoms with Crippen molar-refractivity contribution >= 4 is 30.6 Å². The van der Waals surface area contributed by atoms with Gasteiger partial charge in [-0.25, -0.2) is 0 Å². The second-order valence-electron chi connectivity index (χ2n) is 8.56. The number of aromatic hydroxyl groups is 1. The Hall–Kier alpha value is -1.59. The Kier molecular flexibility index (Phi) is 9.16. The first kappa shape index (κ1) is 25.4. The van der Waals surface area contributed by atoms with Crippen molar-refractivity contribution in [1.29, 1.82) is 0 Å². The SMILES string of the molecule is CN1CCN(Cc2cc(C(=O)c3ccccc3)cc(C(C)(C)C)c2O)CC1.Cl.Cl. The molecular formula is C23H32Cl2N2O2. The number of hydrogen-bond acceptors (Lipinski definition) is 4. The first-order valence-corrected chi connectivity index (χ1v) is 9.63. The summed E-state index contributed by atoms with van der Waals surface area (Å²) >= 11 is 0. The lowest BCUT2D eigenvalue weighted by molar-refractivity contribution is 0.103. The van der Waals surface area contributed by atoms with E-state index in [1.807, 2.05) is 42.5 Å². The summed E-state index contributed by atoms with van der Waals surface area (Å²) in [6, 6.07) is 13.1. The van der Waals surface area contributed by atoms with Gasteiger partial charge >= 0.3 is 0 Å². The minimum Gasteiger partial charge on any atom is -0.507 e. The summed E-state index contributed by atoms with van der Waals surface area (Å²) < 4.78 is 0. The van der Waals surface area contributed by atoms with Crippen molar-refractivity contribution < 1.29 is 9.90 Å². The molecule has 29 heavy (non-hydrogen) atoms. The number of phenols is 1. The highest BCUT2D eigenvalue weighted by molar-refractivity contribution is 6.09. The highest BCUT2D eigenvalue weighted by Gasteiger charge is 2.25. The van der Waals surface area contributed by atoms with Gasteiger partial charge in [0.15, 0.2) is 5.78 Å². The predicted molar refractivity (Wildman–Crippen MR) is 124 cm³/mol. The number of carbonyl (C=O) groups is 1. The Morgan fingerprint density at radius 3 is 2.10 bits per heavy atom. The maximum absolute atomic E-state index is 13.0. The fourth-order valence-electron chi connectivity index (χ4n) is 3.52. The van der Waals surface area contributed by atoms with Crippen LogP contribution < -0.4 is 0 Å². The van der Waals surface area contributed by atoms with Crippen molar-refractivity contribution in [2.75, 3.05) is 33.2 Å². The van der Waals surface area contributed by atoms with E-state index in [0.29, 0.717) is 23.4 Å². The second kappa shape index (κ2) is 10.4. The van der Waals surface area contributed by atoms with Crippen molar-refractivity contribution in [2.45, 2.75) is 32.7 Å². The number of likely N-dealkylation sites (N-methyl/N-ethyl adjacent to an activating group) is 1. The quantitative estimate of drug-likeness (QED) is 0.712. The van der Waals surface area contributed by atoms with Crippen LogP contribution in [0.4, 0.5) is 0 Å². The van der Waals surface area contributed by atoms with Crippen molar-refractivity contribution in [3.63, 3.8) is 0 Å². The molecule has 160 valence electrons. The molecule has 6 heteroatoms. The van der Waals surface area contributed by atoms with Gasteiger partial charge in [0.25, 0.3) is 0 Å². The fourth-order valence-corrected chi connectivity index (χ4v) is 3.52. The van der Waals surface area contributed by atoms with Gasteiger partial charge in [0.05, 0.1) is 0 Å². The largest absolute Gasteiger partial charge is 0.507 e. The van der Waals surface area contributed by atoms with Gasteiger partial charge < -0.3 is 10.0 Å². The Labute approximate surface area is 186 Å². The van der Waals surface area contributed by atoms with E-state index in [-0.39, 0.29) is 36.0 Å². The lowest BCUT2D eigenvalue weighted by atomic mass is 9.83. The summed E-state index contributed by atoms with van der Waals surface area (Å²) in [5.74, 6) is 0.326. The van der Waals surface area contributed by atoms with E-state index < -0.39 is 0 Å². The zero-order chi connectivity index (χ0) is 19.6. The van der Waals surface area contributed by atoms with Crippen LogP contribution in [0.2, 0.25) is 0 Å². The number of hydrogen-bond donors (Lipinski definition) is 1. The minimum atomic E-state index is -0.242. The maximum Gasteiger partial charge on any atom is 0.193 e. The van der Waals surface area contributed by atoms with Crippen LogP contribution in [0.15, 0.2) is 42.5 Å². The lowest BCUT2D eigenvalue weighted by Gasteiger charge is -2.33. The Balaban J connectivity index is 0.00000210. The summed E-state index contributed by atoms with van der Waals surface area (Å²) in [6.45, 7) is 10.9. The highest BCUT2D eigenvalue weighted by atomic mass is 35.5. The summed E-state index contributed by atoms with van der Waals surface area (Å²) in [4.78, 5) is 17.7. The van der Waals surface area contributed by atoms with E-state index in [1.54, 1.807) is 0 Å². The van der Waals surface area contributed by atoms with Crippen LogP contribution >= 0.6 is 24.8 Å². The van der Waals surface area contributed by atoms with Gasteiger partial charge in [-0.1, -0.05) is 51.1 Å². The molecule has 0 saturated carbocycles. The van der Waals surface area contributed by atoms with E-state index in [2.05, 4.69) is 37.6 Å². The van der Waals surface area contributed by atoms with Gasteiger partial charge in [-0.15, -0.1) is 24.8 Å². The smallest absolute Gasteiger partial charge is 0.193 e. The van der Waals surface area contributed by atoms with E-state index in [9.17, 15) is 9.90 Å². The summed E-state index contributed by atoms with van der Waals surface area (Å²) in [5, 5.41) is 10.9. The zero-order valence-corrected chi connectivity index (χ0v) is 19.3. The summed E-state index contributed by atoms with van der Waals surface area (Å²) in [5.41, 5.74) is 2.75. The molecule has 1 N–H and O–H groups in total. The molecule has 1 aliphatic rings. The van der Waals surface area contributed by atoms with Crippen LogP contribution in [-0.4, -0.2) is 53.9 Å². The molecule has 4 nitrogen and oxygen atoms in total. The summed E-state index contributed by atoms with van der Waals surface area (Å²) in [7, 11) is 2.13. The van der Waals surface area contributed by atoms with Crippen molar-refractivity contribution in [2.24, 2.45) is 0 Å². The molecule has 1 aliphatic heterocycles. The van der Waals surface area contributed by atoms with Crippen molar-refractivity contribution in [3.05, 3.63) is 64.7 Å². The number of rotatable bonds is 4. The van der Waals surface area contributed by atoms with Crippen LogP contribution in [-0.2, 0) is 12.0 Å². The number of nitrogens with zero attached hydrogens (tertiary/aromatic N) is 2. The molecule has 0 radical (unpaired) electrons. The van der Waals surface area contributed by atoms with E-state index in [0.717, 1.165) is 37.3 Å². The van der Waals surface area contributed by atoms with Crippen molar-refractivity contribution in [3.8, 4) is 5.75 Å². The monoisotopic (exact) mass is 438 g/mol. The van der Waals surface area contributed by atoms with Gasteiger partial charge in [-0.3, -0.25) is 9.69 Å². The molecule has 1 fully saturated rings. The molecule has 2 aromatic carbocycles. The average molecular weight is 439 g/mol. The maximum atomic E-state index is 13.0. The number of halogens is 2. The zero-order valence-electron chi connectivity index (χ0n) is 17.6. The fraction of sp³-hybridized carbons (Fsp3) is 0.435. The third kappa shape index (κ3) is 6.19. The molecule has 0 amide bonds. The standard InChI is InChI=1S/C23H30N2O2.2ClH/c1-23(2,3)20-15-18(21(26)17-8-6-5-7-9-17)14-19(22(20)27)16-25-12-10-24(4)11-13-25;;/h5-9,14-15,27H,10-13,16H2,1-4H3;2*1H. The minimum absolute atomic E-state index is 0. The van der Waals surface area contributed by atoms with Crippen LogP contribution in [0.5, 0.6) is 5.75 Å². The first-order valence-electron chi connectivity index (χ1n) is 9.63. The third-order valence-electron chi connectivity index (χ3n) is 5.28. The van der Waals surface area contributed by atoms with Crippen LogP contribution in [0.25, 0.3) is 0 Å². The van der Waals surface area contributed by atoms with Gasteiger partial charge in [-0.2, -0.15) is 0 Å². The molecule has 0 unspecified atom stereocenters. The van der Waals surface area contributed by atoms with Gasteiger partial charge in [0.1, 0.15) is 5.75 Å². The number of carbonyl (C=O) groups excluding carboxylic acids is 1. The molecule has 3 rings (SSSR count). The molecule has 2 aromatic rings. The molecular weight excluding hydrogens is 407 g/mol.